The number of ether oxygens (including phenoxy) is 3. The fourth-order valence-corrected chi connectivity index (χ4v) is 5.60. The van der Waals surface area contributed by atoms with Crippen molar-refractivity contribution >= 4 is 20.1 Å². The Morgan fingerprint density at radius 2 is 1.77 bits per heavy atom. The minimum Gasteiger partial charge on any atom is -0.564 e. The van der Waals surface area contributed by atoms with Crippen LogP contribution in [-0.4, -0.2) is 56.3 Å². The van der Waals surface area contributed by atoms with Crippen LogP contribution < -0.4 is 14.4 Å². The molecule has 4 rings (SSSR count). The summed E-state index contributed by atoms with van der Waals surface area (Å²) in [6.45, 7) is 19.5. The number of esters is 1. The van der Waals surface area contributed by atoms with Gasteiger partial charge in [-0.05, 0) is 73.0 Å². The van der Waals surface area contributed by atoms with Crippen LogP contribution in [0.5, 0.6) is 11.5 Å². The molecule has 1 saturated heterocycles. The van der Waals surface area contributed by atoms with E-state index in [1.807, 2.05) is 45.2 Å². The van der Waals surface area contributed by atoms with Crippen molar-refractivity contribution in [3.05, 3.63) is 30.1 Å². The smallest absolute Gasteiger partial charge is 0.309 e. The Morgan fingerprint density at radius 3 is 2.44 bits per heavy atom. The zero-order chi connectivity index (χ0) is 28.4. The monoisotopic (exact) mass is 555 g/mol. The van der Waals surface area contributed by atoms with Crippen molar-refractivity contribution in [2.75, 3.05) is 31.4 Å². The Morgan fingerprint density at radius 1 is 1.08 bits per heavy atom. The van der Waals surface area contributed by atoms with Gasteiger partial charge in [-0.1, -0.05) is 20.8 Å². The van der Waals surface area contributed by atoms with Gasteiger partial charge in [0, 0.05) is 31.5 Å². The van der Waals surface area contributed by atoms with E-state index in [0.29, 0.717) is 13.1 Å². The SMILES string of the molecule is CC(C)(C)OC(=O)C1CCN(c2nc(CCCO[Si-](C)(C)C(C)(C)C)cnc2-c2ccc3c(c2)OCO3)CC1. The fraction of sp³-hybridized carbons (Fsp3) is 0.633. The van der Waals surface area contributed by atoms with Gasteiger partial charge < -0.3 is 23.5 Å². The van der Waals surface area contributed by atoms with Crippen LogP contribution in [0.15, 0.2) is 24.4 Å². The lowest BCUT2D eigenvalue weighted by atomic mass is 9.96. The third-order valence-corrected chi connectivity index (χ3v) is 12.4. The molecule has 0 radical (unpaired) electrons. The van der Waals surface area contributed by atoms with Gasteiger partial charge in [0.15, 0.2) is 17.3 Å². The van der Waals surface area contributed by atoms with E-state index in [2.05, 4.69) is 38.8 Å². The van der Waals surface area contributed by atoms with Gasteiger partial charge in [0.05, 0.1) is 11.6 Å². The van der Waals surface area contributed by atoms with Gasteiger partial charge in [0.25, 0.3) is 0 Å². The zero-order valence-electron chi connectivity index (χ0n) is 24.9. The van der Waals surface area contributed by atoms with Crippen molar-refractivity contribution < 1.29 is 23.4 Å². The molecular weight excluding hydrogens is 510 g/mol. The maximum Gasteiger partial charge on any atom is 0.309 e. The van der Waals surface area contributed by atoms with Crippen LogP contribution in [0.1, 0.15) is 66.5 Å². The van der Waals surface area contributed by atoms with E-state index in [1.54, 1.807) is 0 Å². The number of aryl methyl sites for hydroxylation is 1. The van der Waals surface area contributed by atoms with E-state index < -0.39 is 13.9 Å². The van der Waals surface area contributed by atoms with Crippen molar-refractivity contribution in [1.29, 1.82) is 0 Å². The van der Waals surface area contributed by atoms with Crippen molar-refractivity contribution in [2.45, 2.75) is 91.0 Å². The number of hydrogen-bond donors (Lipinski definition) is 0. The van der Waals surface area contributed by atoms with E-state index in [-0.39, 0.29) is 23.7 Å². The maximum atomic E-state index is 12.7. The number of rotatable bonds is 8. The molecule has 0 spiro atoms. The molecule has 1 aromatic carbocycles. The first-order chi connectivity index (χ1) is 18.2. The summed E-state index contributed by atoms with van der Waals surface area (Å²) >= 11 is 0. The number of anilines is 1. The molecular formula is C30H45N3O5Si-. The van der Waals surface area contributed by atoms with Crippen molar-refractivity contribution in [2.24, 2.45) is 5.92 Å². The standard InChI is InChI=1S/C30H45N3O5Si/c1-29(2,3)38-28(34)21-13-15-33(16-14-21)27-26(22-11-12-24-25(18-22)36-20-35-24)31-19-23(32-27)10-9-17-37-39(7,8)30(4,5)6/h11-12,18-19,21H,9-10,13-17,20H2,1-8H3/q-1. The summed E-state index contributed by atoms with van der Waals surface area (Å²) in [5.74, 6) is 2.10. The Bertz CT molecular complexity index is 1160. The third-order valence-electron chi connectivity index (χ3n) is 7.83. The molecule has 0 saturated carbocycles. The van der Waals surface area contributed by atoms with Crippen LogP contribution in [0, 0.1) is 5.92 Å². The summed E-state index contributed by atoms with van der Waals surface area (Å²) in [5, 5.41) is 0.192. The molecule has 0 bridgehead atoms. The summed E-state index contributed by atoms with van der Waals surface area (Å²) in [7, 11) is -1.78. The normalized spacial score (nSPS) is 16.5. The molecule has 0 unspecified atom stereocenters. The van der Waals surface area contributed by atoms with Gasteiger partial charge in [-0.15, -0.1) is 18.1 Å². The van der Waals surface area contributed by atoms with Gasteiger partial charge in [-0.2, -0.15) is 0 Å². The van der Waals surface area contributed by atoms with Crippen LogP contribution in [-0.2, 0) is 20.4 Å². The first kappa shape index (κ1) is 29.3. The van der Waals surface area contributed by atoms with E-state index in [0.717, 1.165) is 66.6 Å². The van der Waals surface area contributed by atoms with E-state index in [9.17, 15) is 4.79 Å². The topological polar surface area (TPSA) is 83.0 Å². The van der Waals surface area contributed by atoms with Crippen LogP contribution in [0.3, 0.4) is 0 Å². The number of fused-ring (bicyclic) bond motifs is 1. The second-order valence-electron chi connectivity index (χ2n) is 13.1. The van der Waals surface area contributed by atoms with Gasteiger partial charge in [-0.25, -0.2) is 4.98 Å². The molecule has 39 heavy (non-hydrogen) atoms. The summed E-state index contributed by atoms with van der Waals surface area (Å²) in [5.41, 5.74) is 2.21. The van der Waals surface area contributed by atoms with Crippen molar-refractivity contribution in [1.82, 2.24) is 9.97 Å². The van der Waals surface area contributed by atoms with Crippen LogP contribution in [0.25, 0.3) is 11.3 Å². The zero-order valence-corrected chi connectivity index (χ0v) is 25.9. The lowest BCUT2D eigenvalue weighted by Crippen LogP contribution is -2.41. The summed E-state index contributed by atoms with van der Waals surface area (Å²) in [6, 6.07) is 5.89. The third kappa shape index (κ3) is 7.31. The van der Waals surface area contributed by atoms with Crippen molar-refractivity contribution in [3.63, 3.8) is 0 Å². The predicted octanol–water partition coefficient (Wildman–Crippen LogP) is 6.38. The molecule has 0 amide bonds. The highest BCUT2D eigenvalue weighted by molar-refractivity contribution is 6.74. The van der Waals surface area contributed by atoms with E-state index in [1.165, 1.54) is 0 Å². The first-order valence-electron chi connectivity index (χ1n) is 14.1. The second-order valence-corrected chi connectivity index (χ2v) is 17.9. The Balaban J connectivity index is 1.51. The second kappa shape index (κ2) is 11.5. The maximum absolute atomic E-state index is 12.7. The molecule has 0 N–H and O–H groups in total. The number of hydrogen-bond acceptors (Lipinski definition) is 8. The highest BCUT2D eigenvalue weighted by Gasteiger charge is 2.31. The molecule has 3 heterocycles. The quantitative estimate of drug-likeness (QED) is 0.211. The predicted molar refractivity (Wildman–Crippen MR) is 156 cm³/mol. The molecule has 2 aromatic rings. The number of carbonyl (C=O) groups excluding carboxylic acids is 1. The fourth-order valence-electron chi connectivity index (χ4n) is 4.51. The summed E-state index contributed by atoms with van der Waals surface area (Å²) < 4.78 is 23.2. The van der Waals surface area contributed by atoms with Gasteiger partial charge >= 0.3 is 5.97 Å². The number of aromatic nitrogens is 2. The summed E-state index contributed by atoms with van der Waals surface area (Å²) in [4.78, 5) is 24.9. The number of nitrogens with zero attached hydrogens (tertiary/aromatic N) is 3. The Kier molecular flexibility index (Phi) is 8.61. The van der Waals surface area contributed by atoms with Gasteiger partial charge in [-0.3, -0.25) is 9.78 Å². The number of piperidine rings is 1. The molecule has 2 aliphatic rings. The molecule has 2 aliphatic heterocycles. The van der Waals surface area contributed by atoms with Gasteiger partial charge in [0.1, 0.15) is 11.3 Å². The van der Waals surface area contributed by atoms with Crippen LogP contribution in [0.2, 0.25) is 18.1 Å². The minimum atomic E-state index is -1.78. The Hall–Kier alpha value is -2.65. The molecule has 1 fully saturated rings. The first-order valence-corrected chi connectivity index (χ1v) is 17.0. The molecule has 215 valence electrons. The highest BCUT2D eigenvalue weighted by Crippen LogP contribution is 2.39. The lowest BCUT2D eigenvalue weighted by molar-refractivity contribution is -0.160. The average Bonchev–Trinajstić information content (AvgIpc) is 3.33. The van der Waals surface area contributed by atoms with E-state index in [4.69, 9.17) is 28.6 Å². The largest absolute Gasteiger partial charge is 0.564 e. The highest BCUT2D eigenvalue weighted by atomic mass is 28.4. The van der Waals surface area contributed by atoms with Crippen LogP contribution in [0.4, 0.5) is 5.82 Å². The Labute approximate surface area is 234 Å². The average molecular weight is 556 g/mol. The summed E-state index contributed by atoms with van der Waals surface area (Å²) in [6.07, 6.45) is 5.02. The van der Waals surface area contributed by atoms with Crippen molar-refractivity contribution in [3.8, 4) is 22.8 Å². The van der Waals surface area contributed by atoms with E-state index >= 15 is 0 Å². The van der Waals surface area contributed by atoms with Gasteiger partial charge in [0.2, 0.25) is 6.79 Å². The number of benzene rings is 1. The molecule has 0 atom stereocenters. The number of carbonyl (C=O) groups is 1. The molecule has 1 aromatic heterocycles. The minimum absolute atomic E-state index is 0.0990. The molecule has 8 nitrogen and oxygen atoms in total. The van der Waals surface area contributed by atoms with Crippen LogP contribution >= 0.6 is 0 Å². The molecule has 9 heteroatoms. The lowest BCUT2D eigenvalue weighted by Gasteiger charge is -2.48. The molecule has 0 aliphatic carbocycles.